The molecule has 0 aliphatic heterocycles. The molecule has 90 valence electrons. The number of methoxy groups -OCH3 is 1. The lowest BCUT2D eigenvalue weighted by Gasteiger charge is -2.15. The Kier molecular flexibility index (Phi) is 7.60. The van der Waals surface area contributed by atoms with E-state index in [9.17, 15) is 9.00 Å². The van der Waals surface area contributed by atoms with E-state index in [1.54, 1.807) is 6.26 Å². The summed E-state index contributed by atoms with van der Waals surface area (Å²) in [7, 11) is 0.649. The van der Waals surface area contributed by atoms with E-state index < -0.39 is 10.8 Å². The molecule has 0 aliphatic carbocycles. The summed E-state index contributed by atoms with van der Waals surface area (Å²) in [4.78, 5) is 11.1. The average molecular weight is 235 g/mol. The predicted octanol–water partition coefficient (Wildman–Crippen LogP) is 0.542. The van der Waals surface area contributed by atoms with Crippen LogP contribution in [0.2, 0.25) is 0 Å². The van der Waals surface area contributed by atoms with E-state index in [-0.39, 0.29) is 17.9 Å². The van der Waals surface area contributed by atoms with E-state index in [0.717, 1.165) is 6.42 Å². The van der Waals surface area contributed by atoms with E-state index in [1.807, 2.05) is 13.8 Å². The number of rotatable bonds is 7. The molecule has 0 rings (SSSR count). The Morgan fingerprint density at radius 2 is 2.07 bits per heavy atom. The van der Waals surface area contributed by atoms with Crippen LogP contribution in [0.3, 0.4) is 0 Å². The van der Waals surface area contributed by atoms with Crippen LogP contribution in [-0.4, -0.2) is 41.9 Å². The molecule has 0 aromatic carbocycles. The van der Waals surface area contributed by atoms with Gasteiger partial charge in [0.15, 0.2) is 0 Å². The van der Waals surface area contributed by atoms with Crippen molar-refractivity contribution in [1.82, 2.24) is 5.32 Å². The number of hydrogen-bond donors (Lipinski definition) is 1. The van der Waals surface area contributed by atoms with Crippen LogP contribution in [0.4, 0.5) is 0 Å². The van der Waals surface area contributed by atoms with Gasteiger partial charge in [-0.2, -0.15) is 0 Å². The first-order chi connectivity index (χ1) is 6.97. The second-order valence-electron chi connectivity index (χ2n) is 3.80. The zero-order chi connectivity index (χ0) is 11.8. The molecule has 0 fully saturated rings. The smallest absolute Gasteiger partial charge is 0.309 e. The van der Waals surface area contributed by atoms with E-state index in [2.05, 4.69) is 10.1 Å². The van der Waals surface area contributed by atoms with Gasteiger partial charge in [0.25, 0.3) is 0 Å². The van der Waals surface area contributed by atoms with Crippen LogP contribution in [0.5, 0.6) is 0 Å². The Morgan fingerprint density at radius 3 is 2.53 bits per heavy atom. The van der Waals surface area contributed by atoms with Crippen molar-refractivity contribution < 1.29 is 13.7 Å². The lowest BCUT2D eigenvalue weighted by Crippen LogP contribution is -2.34. The van der Waals surface area contributed by atoms with Gasteiger partial charge in [0.05, 0.1) is 13.0 Å². The molecule has 0 aromatic rings. The monoisotopic (exact) mass is 235 g/mol. The van der Waals surface area contributed by atoms with Crippen LogP contribution in [0, 0.1) is 5.92 Å². The Bertz CT molecular complexity index is 221. The second kappa shape index (κ2) is 7.82. The summed E-state index contributed by atoms with van der Waals surface area (Å²) in [5.41, 5.74) is 0. The maximum Gasteiger partial charge on any atom is 0.309 e. The van der Waals surface area contributed by atoms with Crippen LogP contribution in [0.15, 0.2) is 0 Å². The van der Waals surface area contributed by atoms with E-state index in [0.29, 0.717) is 12.3 Å². The van der Waals surface area contributed by atoms with Gasteiger partial charge in [0, 0.05) is 35.4 Å². The van der Waals surface area contributed by atoms with Crippen LogP contribution in [-0.2, 0) is 20.3 Å². The van der Waals surface area contributed by atoms with Crippen molar-refractivity contribution in [2.24, 2.45) is 5.92 Å². The number of hydrogen-bond acceptors (Lipinski definition) is 4. The first kappa shape index (κ1) is 14.6. The van der Waals surface area contributed by atoms with Crippen molar-refractivity contribution in [2.45, 2.75) is 26.3 Å². The highest BCUT2D eigenvalue weighted by molar-refractivity contribution is 7.84. The van der Waals surface area contributed by atoms with Crippen molar-refractivity contribution in [2.75, 3.05) is 25.7 Å². The summed E-state index contributed by atoms with van der Waals surface area (Å²) >= 11 is 0. The van der Waals surface area contributed by atoms with Gasteiger partial charge in [0.1, 0.15) is 0 Å². The molecule has 5 heteroatoms. The van der Waals surface area contributed by atoms with Gasteiger partial charge >= 0.3 is 5.97 Å². The quantitative estimate of drug-likeness (QED) is 0.654. The van der Waals surface area contributed by atoms with Crippen molar-refractivity contribution in [3.63, 3.8) is 0 Å². The summed E-state index contributed by atoms with van der Waals surface area (Å²) in [5.74, 6) is 0.360. The van der Waals surface area contributed by atoms with Crippen LogP contribution >= 0.6 is 0 Å². The molecule has 0 radical (unpaired) electrons. The van der Waals surface area contributed by atoms with Gasteiger partial charge in [-0.15, -0.1) is 0 Å². The summed E-state index contributed by atoms with van der Waals surface area (Å²) in [5, 5.41) is 3.22. The molecule has 3 unspecified atom stereocenters. The molecule has 4 nitrogen and oxygen atoms in total. The topological polar surface area (TPSA) is 55.4 Å². The lowest BCUT2D eigenvalue weighted by molar-refractivity contribution is -0.144. The summed E-state index contributed by atoms with van der Waals surface area (Å²) in [6.45, 7) is 4.45. The Hall–Kier alpha value is -0.420. The van der Waals surface area contributed by atoms with E-state index in [1.165, 1.54) is 7.11 Å². The van der Waals surface area contributed by atoms with Crippen molar-refractivity contribution in [3.8, 4) is 0 Å². The van der Waals surface area contributed by atoms with Gasteiger partial charge in [-0.05, 0) is 13.3 Å². The summed E-state index contributed by atoms with van der Waals surface area (Å²) in [6.07, 6.45) is 2.56. The zero-order valence-corrected chi connectivity index (χ0v) is 10.7. The van der Waals surface area contributed by atoms with Crippen molar-refractivity contribution >= 4 is 16.8 Å². The summed E-state index contributed by atoms with van der Waals surface area (Å²) in [6, 6.07) is 0.279. The maximum absolute atomic E-state index is 11.1. The fourth-order valence-corrected chi connectivity index (χ4v) is 1.79. The number of nitrogens with one attached hydrogen (secondary N) is 1. The molecule has 15 heavy (non-hydrogen) atoms. The number of carbonyl (C=O) groups excluding carboxylic acids is 1. The molecule has 0 amide bonds. The minimum atomic E-state index is -0.742. The molecule has 0 aliphatic rings. The highest BCUT2D eigenvalue weighted by atomic mass is 32.2. The molecule has 0 saturated carbocycles. The minimum absolute atomic E-state index is 0.135. The molecular formula is C10H21NO3S. The number of ether oxygens (including phenoxy) is 1. The fraction of sp³-hybridized carbons (Fsp3) is 0.900. The number of esters is 1. The SMILES string of the molecule is COC(=O)C(C)CNC(C)CCS(C)=O. The van der Waals surface area contributed by atoms with Crippen LogP contribution in [0.1, 0.15) is 20.3 Å². The van der Waals surface area contributed by atoms with Gasteiger partial charge in [-0.25, -0.2) is 0 Å². The van der Waals surface area contributed by atoms with Crippen molar-refractivity contribution in [3.05, 3.63) is 0 Å². The molecule has 0 bridgehead atoms. The highest BCUT2D eigenvalue weighted by Crippen LogP contribution is 1.98. The second-order valence-corrected chi connectivity index (χ2v) is 5.35. The van der Waals surface area contributed by atoms with E-state index >= 15 is 0 Å². The van der Waals surface area contributed by atoms with Crippen LogP contribution in [0.25, 0.3) is 0 Å². The Morgan fingerprint density at radius 1 is 1.47 bits per heavy atom. The van der Waals surface area contributed by atoms with Crippen LogP contribution < -0.4 is 5.32 Å². The maximum atomic E-state index is 11.1. The molecule has 1 N–H and O–H groups in total. The van der Waals surface area contributed by atoms with E-state index in [4.69, 9.17) is 0 Å². The Labute approximate surface area is 94.2 Å². The number of carbonyl (C=O) groups is 1. The first-order valence-electron chi connectivity index (χ1n) is 5.08. The molecular weight excluding hydrogens is 214 g/mol. The molecule has 3 atom stereocenters. The molecule has 0 aromatic heterocycles. The van der Waals surface area contributed by atoms with Gasteiger partial charge in [-0.1, -0.05) is 6.92 Å². The van der Waals surface area contributed by atoms with Gasteiger partial charge in [0.2, 0.25) is 0 Å². The third kappa shape index (κ3) is 7.50. The fourth-order valence-electron chi connectivity index (χ4n) is 1.11. The minimum Gasteiger partial charge on any atom is -0.469 e. The average Bonchev–Trinajstić information content (AvgIpc) is 2.21. The standard InChI is InChI=1S/C10H21NO3S/c1-8(10(12)14-3)7-11-9(2)5-6-15(4)13/h8-9,11H,5-7H2,1-4H3. The van der Waals surface area contributed by atoms with Crippen molar-refractivity contribution in [1.29, 1.82) is 0 Å². The third-order valence-electron chi connectivity index (χ3n) is 2.21. The normalized spacial score (nSPS) is 16.8. The third-order valence-corrected chi connectivity index (χ3v) is 3.02. The molecule has 0 saturated heterocycles. The highest BCUT2D eigenvalue weighted by Gasteiger charge is 2.13. The Balaban J connectivity index is 3.65. The first-order valence-corrected chi connectivity index (χ1v) is 6.81. The molecule has 0 spiro atoms. The predicted molar refractivity (Wildman–Crippen MR) is 62.2 cm³/mol. The van der Waals surface area contributed by atoms with Gasteiger partial charge < -0.3 is 10.1 Å². The molecule has 0 heterocycles. The van der Waals surface area contributed by atoms with Gasteiger partial charge in [-0.3, -0.25) is 9.00 Å². The zero-order valence-electron chi connectivity index (χ0n) is 9.91. The largest absolute Gasteiger partial charge is 0.469 e. The lowest BCUT2D eigenvalue weighted by atomic mass is 10.1. The summed E-state index contributed by atoms with van der Waals surface area (Å²) < 4.78 is 15.5.